The molecule has 1 aromatic rings. The van der Waals surface area contributed by atoms with Crippen molar-refractivity contribution in [2.45, 2.75) is 53.6 Å². The second kappa shape index (κ2) is 6.38. The predicted octanol–water partition coefficient (Wildman–Crippen LogP) is 2.66. The largest absolute Gasteiger partial charge is 0.349 e. The summed E-state index contributed by atoms with van der Waals surface area (Å²) in [4.78, 5) is 11.7. The summed E-state index contributed by atoms with van der Waals surface area (Å²) in [6, 6.07) is 0.00283. The Morgan fingerprint density at radius 2 is 2.17 bits per heavy atom. The quantitative estimate of drug-likeness (QED) is 0.815. The van der Waals surface area contributed by atoms with Gasteiger partial charge < -0.3 is 5.32 Å². The molecule has 0 saturated heterocycles. The summed E-state index contributed by atoms with van der Waals surface area (Å²) in [5.74, 6) is 0.0450. The SMILES string of the molecule is CC=CCC(=O)NC(C)c1c(C)nn(CC)c1C. The molecule has 1 unspecified atom stereocenters. The third-order valence-electron chi connectivity index (χ3n) is 3.09. The van der Waals surface area contributed by atoms with Gasteiger partial charge in [-0.25, -0.2) is 0 Å². The molecule has 0 bridgehead atoms. The van der Waals surface area contributed by atoms with Gasteiger partial charge in [-0.1, -0.05) is 12.2 Å². The zero-order valence-corrected chi connectivity index (χ0v) is 11.9. The fourth-order valence-electron chi connectivity index (χ4n) is 2.24. The zero-order valence-electron chi connectivity index (χ0n) is 11.9. The van der Waals surface area contributed by atoms with Crippen molar-refractivity contribution in [3.63, 3.8) is 0 Å². The summed E-state index contributed by atoms with van der Waals surface area (Å²) in [7, 11) is 0. The number of allylic oxidation sites excluding steroid dienone is 1. The Hall–Kier alpha value is -1.58. The highest BCUT2D eigenvalue weighted by Crippen LogP contribution is 2.21. The number of carbonyl (C=O) groups excluding carboxylic acids is 1. The van der Waals surface area contributed by atoms with Crippen LogP contribution >= 0.6 is 0 Å². The molecule has 0 aliphatic heterocycles. The fraction of sp³-hybridized carbons (Fsp3) is 0.571. The lowest BCUT2D eigenvalue weighted by Gasteiger charge is -2.14. The molecule has 0 spiro atoms. The van der Waals surface area contributed by atoms with E-state index in [9.17, 15) is 4.79 Å². The Morgan fingerprint density at radius 1 is 1.50 bits per heavy atom. The van der Waals surface area contributed by atoms with E-state index < -0.39 is 0 Å². The monoisotopic (exact) mass is 249 g/mol. The van der Waals surface area contributed by atoms with Crippen molar-refractivity contribution in [3.8, 4) is 0 Å². The molecule has 0 aliphatic rings. The zero-order chi connectivity index (χ0) is 13.7. The molecule has 0 aromatic carbocycles. The third kappa shape index (κ3) is 3.22. The van der Waals surface area contributed by atoms with Gasteiger partial charge in [0.15, 0.2) is 0 Å². The summed E-state index contributed by atoms with van der Waals surface area (Å²) in [5.41, 5.74) is 3.26. The second-order valence-electron chi connectivity index (χ2n) is 4.46. The standard InChI is InChI=1S/C14H23N3O/c1-6-8-9-13(18)15-10(3)14-11(4)16-17(7-2)12(14)5/h6,8,10H,7,9H2,1-5H3,(H,15,18). The van der Waals surface area contributed by atoms with E-state index in [-0.39, 0.29) is 11.9 Å². The molecule has 1 heterocycles. The summed E-state index contributed by atoms with van der Waals surface area (Å²) < 4.78 is 1.97. The molecule has 1 aromatic heterocycles. The minimum absolute atomic E-state index is 0.00283. The first-order valence-electron chi connectivity index (χ1n) is 6.45. The maximum atomic E-state index is 11.7. The van der Waals surface area contributed by atoms with Crippen molar-refractivity contribution >= 4 is 5.91 Å². The molecule has 1 rings (SSSR count). The van der Waals surface area contributed by atoms with Gasteiger partial charge in [0.1, 0.15) is 0 Å². The number of hydrogen-bond acceptors (Lipinski definition) is 2. The molecule has 1 N–H and O–H groups in total. The van der Waals surface area contributed by atoms with Gasteiger partial charge in [-0.15, -0.1) is 0 Å². The minimum atomic E-state index is 0.00283. The van der Waals surface area contributed by atoms with Crippen LogP contribution in [0.3, 0.4) is 0 Å². The van der Waals surface area contributed by atoms with E-state index in [1.807, 2.05) is 44.5 Å². The Bertz CT molecular complexity index is 446. The number of nitrogens with zero attached hydrogens (tertiary/aromatic N) is 2. The topological polar surface area (TPSA) is 46.9 Å². The average molecular weight is 249 g/mol. The number of hydrogen-bond donors (Lipinski definition) is 1. The van der Waals surface area contributed by atoms with Gasteiger partial charge in [0.2, 0.25) is 5.91 Å². The highest BCUT2D eigenvalue weighted by molar-refractivity contribution is 5.77. The molecule has 4 nitrogen and oxygen atoms in total. The Kier molecular flexibility index (Phi) is 5.13. The van der Waals surface area contributed by atoms with Crippen LogP contribution in [0.2, 0.25) is 0 Å². The molecular formula is C14H23N3O. The van der Waals surface area contributed by atoms with Crippen molar-refractivity contribution in [2.75, 3.05) is 0 Å². The molecular weight excluding hydrogens is 226 g/mol. The Morgan fingerprint density at radius 3 is 2.67 bits per heavy atom. The Labute approximate surface area is 109 Å². The first kappa shape index (κ1) is 14.5. The van der Waals surface area contributed by atoms with Crippen molar-refractivity contribution in [1.29, 1.82) is 0 Å². The number of nitrogens with one attached hydrogen (secondary N) is 1. The van der Waals surface area contributed by atoms with Crippen LogP contribution in [0, 0.1) is 13.8 Å². The van der Waals surface area contributed by atoms with E-state index in [0.29, 0.717) is 6.42 Å². The van der Waals surface area contributed by atoms with E-state index in [2.05, 4.69) is 17.3 Å². The first-order valence-corrected chi connectivity index (χ1v) is 6.45. The van der Waals surface area contributed by atoms with Crippen LogP contribution < -0.4 is 5.32 Å². The molecule has 18 heavy (non-hydrogen) atoms. The van der Waals surface area contributed by atoms with Gasteiger partial charge in [-0.2, -0.15) is 5.10 Å². The summed E-state index contributed by atoms with van der Waals surface area (Å²) in [6.45, 7) is 10.9. The molecule has 100 valence electrons. The highest BCUT2D eigenvalue weighted by atomic mass is 16.1. The first-order chi connectivity index (χ1) is 8.51. The van der Waals surface area contributed by atoms with Crippen LogP contribution in [0.25, 0.3) is 0 Å². The van der Waals surface area contributed by atoms with Crippen molar-refractivity contribution in [1.82, 2.24) is 15.1 Å². The van der Waals surface area contributed by atoms with Gasteiger partial charge in [0.05, 0.1) is 11.7 Å². The van der Waals surface area contributed by atoms with Gasteiger partial charge in [-0.05, 0) is 34.6 Å². The van der Waals surface area contributed by atoms with Crippen LogP contribution in [-0.4, -0.2) is 15.7 Å². The van der Waals surface area contributed by atoms with Gasteiger partial charge in [-0.3, -0.25) is 9.48 Å². The predicted molar refractivity (Wildman–Crippen MR) is 73.4 cm³/mol. The van der Waals surface area contributed by atoms with Gasteiger partial charge >= 0.3 is 0 Å². The van der Waals surface area contributed by atoms with Crippen LogP contribution in [-0.2, 0) is 11.3 Å². The van der Waals surface area contributed by atoms with Crippen molar-refractivity contribution < 1.29 is 4.79 Å². The van der Waals surface area contributed by atoms with E-state index >= 15 is 0 Å². The lowest BCUT2D eigenvalue weighted by atomic mass is 10.1. The molecule has 1 amide bonds. The molecule has 0 aliphatic carbocycles. The maximum Gasteiger partial charge on any atom is 0.224 e. The minimum Gasteiger partial charge on any atom is -0.349 e. The number of amides is 1. The van der Waals surface area contributed by atoms with Crippen LogP contribution in [0.5, 0.6) is 0 Å². The molecule has 0 fully saturated rings. The lowest BCUT2D eigenvalue weighted by Crippen LogP contribution is -2.26. The van der Waals surface area contributed by atoms with E-state index in [1.165, 1.54) is 0 Å². The fourth-order valence-corrected chi connectivity index (χ4v) is 2.24. The Balaban J connectivity index is 2.81. The number of aromatic nitrogens is 2. The molecule has 0 saturated carbocycles. The van der Waals surface area contributed by atoms with E-state index in [1.54, 1.807) is 0 Å². The van der Waals surface area contributed by atoms with E-state index in [0.717, 1.165) is 23.5 Å². The van der Waals surface area contributed by atoms with Crippen LogP contribution in [0.15, 0.2) is 12.2 Å². The number of rotatable bonds is 5. The molecule has 4 heteroatoms. The van der Waals surface area contributed by atoms with Crippen molar-refractivity contribution in [3.05, 3.63) is 29.1 Å². The summed E-state index contributed by atoms with van der Waals surface area (Å²) >= 11 is 0. The normalized spacial score (nSPS) is 12.9. The summed E-state index contributed by atoms with van der Waals surface area (Å²) in [5, 5.41) is 7.48. The molecule has 0 radical (unpaired) electrons. The smallest absolute Gasteiger partial charge is 0.224 e. The number of aryl methyl sites for hydroxylation is 2. The maximum absolute atomic E-state index is 11.7. The third-order valence-corrected chi connectivity index (χ3v) is 3.09. The van der Waals surface area contributed by atoms with Gasteiger partial charge in [0.25, 0.3) is 0 Å². The van der Waals surface area contributed by atoms with Gasteiger partial charge in [0, 0.05) is 24.2 Å². The van der Waals surface area contributed by atoms with Crippen LogP contribution in [0.4, 0.5) is 0 Å². The molecule has 1 atom stereocenters. The average Bonchev–Trinajstić information content (AvgIpc) is 2.61. The lowest BCUT2D eigenvalue weighted by molar-refractivity contribution is -0.120. The van der Waals surface area contributed by atoms with E-state index in [4.69, 9.17) is 0 Å². The number of carbonyl (C=O) groups is 1. The van der Waals surface area contributed by atoms with Crippen LogP contribution in [0.1, 0.15) is 50.2 Å². The highest BCUT2D eigenvalue weighted by Gasteiger charge is 2.18. The second-order valence-corrected chi connectivity index (χ2v) is 4.46. The van der Waals surface area contributed by atoms with Crippen molar-refractivity contribution in [2.24, 2.45) is 0 Å². The summed E-state index contributed by atoms with van der Waals surface area (Å²) in [6.07, 6.45) is 4.17.